The van der Waals surface area contributed by atoms with Gasteiger partial charge in [-0.1, -0.05) is 35.1 Å². The summed E-state index contributed by atoms with van der Waals surface area (Å²) in [5, 5.41) is 0. The van der Waals surface area contributed by atoms with Gasteiger partial charge in [0.15, 0.2) is 0 Å². The molecule has 0 amide bonds. The standard InChI is InChI=1S/C9H12BrN3O2S2/c1-2-12-17(14,15)13-8-4-3-6(10)5-7(8)9(11)16/h3-5,12-13H,2H2,1H3,(H2,11,16). The number of anilines is 1. The van der Waals surface area contributed by atoms with E-state index in [2.05, 4.69) is 25.4 Å². The van der Waals surface area contributed by atoms with Crippen molar-refractivity contribution in [1.29, 1.82) is 0 Å². The molecule has 1 aromatic carbocycles. The number of thiocarbonyl (C=S) groups is 1. The molecule has 0 radical (unpaired) electrons. The van der Waals surface area contributed by atoms with Crippen LogP contribution in [0.5, 0.6) is 0 Å². The van der Waals surface area contributed by atoms with Gasteiger partial charge in [-0.15, -0.1) is 0 Å². The lowest BCUT2D eigenvalue weighted by Gasteiger charge is -2.12. The Morgan fingerprint density at radius 1 is 1.53 bits per heavy atom. The fourth-order valence-electron chi connectivity index (χ4n) is 1.18. The second kappa shape index (κ2) is 5.76. The minimum absolute atomic E-state index is 0.125. The summed E-state index contributed by atoms with van der Waals surface area (Å²) in [5.41, 5.74) is 6.35. The largest absolute Gasteiger partial charge is 0.389 e. The highest BCUT2D eigenvalue weighted by molar-refractivity contribution is 9.10. The van der Waals surface area contributed by atoms with E-state index in [0.717, 1.165) is 4.47 Å². The van der Waals surface area contributed by atoms with Crippen molar-refractivity contribution in [2.24, 2.45) is 5.73 Å². The van der Waals surface area contributed by atoms with Crippen LogP contribution in [0.25, 0.3) is 0 Å². The van der Waals surface area contributed by atoms with Crippen LogP contribution in [-0.4, -0.2) is 20.0 Å². The minimum atomic E-state index is -3.58. The maximum absolute atomic E-state index is 11.5. The van der Waals surface area contributed by atoms with E-state index in [1.54, 1.807) is 25.1 Å². The van der Waals surface area contributed by atoms with Crippen LogP contribution >= 0.6 is 28.1 Å². The zero-order valence-corrected chi connectivity index (χ0v) is 12.2. The van der Waals surface area contributed by atoms with Crippen molar-refractivity contribution in [1.82, 2.24) is 4.72 Å². The number of rotatable bonds is 5. The summed E-state index contributed by atoms with van der Waals surface area (Å²) in [6, 6.07) is 4.95. The number of hydrogen-bond acceptors (Lipinski definition) is 3. The van der Waals surface area contributed by atoms with Crippen molar-refractivity contribution in [2.45, 2.75) is 6.92 Å². The summed E-state index contributed by atoms with van der Waals surface area (Å²) < 4.78 is 28.5. The Labute approximate surface area is 114 Å². The van der Waals surface area contributed by atoms with Gasteiger partial charge in [0.1, 0.15) is 4.99 Å². The Kier molecular flexibility index (Phi) is 4.87. The first-order chi connectivity index (χ1) is 7.85. The van der Waals surface area contributed by atoms with E-state index in [4.69, 9.17) is 18.0 Å². The van der Waals surface area contributed by atoms with Gasteiger partial charge in [0, 0.05) is 16.6 Å². The van der Waals surface area contributed by atoms with Gasteiger partial charge in [0.25, 0.3) is 10.2 Å². The Balaban J connectivity index is 3.11. The molecular weight excluding hydrogens is 326 g/mol. The molecule has 0 aromatic heterocycles. The van der Waals surface area contributed by atoms with Crippen LogP contribution < -0.4 is 15.2 Å². The average molecular weight is 338 g/mol. The van der Waals surface area contributed by atoms with Gasteiger partial charge in [-0.25, -0.2) is 0 Å². The summed E-state index contributed by atoms with van der Waals surface area (Å²) in [5.74, 6) is 0. The molecule has 17 heavy (non-hydrogen) atoms. The van der Waals surface area contributed by atoms with Crippen molar-refractivity contribution in [3.63, 3.8) is 0 Å². The number of nitrogens with two attached hydrogens (primary N) is 1. The first-order valence-electron chi connectivity index (χ1n) is 4.72. The van der Waals surface area contributed by atoms with Crippen LogP contribution in [0.3, 0.4) is 0 Å². The Morgan fingerprint density at radius 3 is 2.71 bits per heavy atom. The van der Waals surface area contributed by atoms with E-state index in [0.29, 0.717) is 17.8 Å². The van der Waals surface area contributed by atoms with Gasteiger partial charge in [-0.2, -0.15) is 13.1 Å². The zero-order chi connectivity index (χ0) is 13.1. The lowest BCUT2D eigenvalue weighted by Crippen LogP contribution is -2.30. The van der Waals surface area contributed by atoms with Crippen LogP contribution in [0.15, 0.2) is 22.7 Å². The molecule has 0 atom stereocenters. The molecule has 8 heteroatoms. The van der Waals surface area contributed by atoms with Gasteiger partial charge in [-0.05, 0) is 18.2 Å². The first kappa shape index (κ1) is 14.4. The van der Waals surface area contributed by atoms with Crippen molar-refractivity contribution >= 4 is 49.0 Å². The SMILES string of the molecule is CCNS(=O)(=O)Nc1ccc(Br)cc1C(N)=S. The van der Waals surface area contributed by atoms with Gasteiger partial charge in [0.05, 0.1) is 5.69 Å². The summed E-state index contributed by atoms with van der Waals surface area (Å²) in [6.45, 7) is 1.99. The highest BCUT2D eigenvalue weighted by atomic mass is 79.9. The molecule has 0 aliphatic rings. The van der Waals surface area contributed by atoms with E-state index in [1.807, 2.05) is 0 Å². The molecule has 0 saturated heterocycles. The van der Waals surface area contributed by atoms with Crippen molar-refractivity contribution in [3.05, 3.63) is 28.2 Å². The van der Waals surface area contributed by atoms with Crippen molar-refractivity contribution in [3.8, 4) is 0 Å². The second-order valence-electron chi connectivity index (χ2n) is 3.16. The quantitative estimate of drug-likeness (QED) is 0.708. The number of hydrogen-bond donors (Lipinski definition) is 3. The van der Waals surface area contributed by atoms with Crippen LogP contribution in [0.1, 0.15) is 12.5 Å². The third-order valence-electron chi connectivity index (χ3n) is 1.83. The van der Waals surface area contributed by atoms with Crippen molar-refractivity contribution < 1.29 is 8.42 Å². The summed E-state index contributed by atoms with van der Waals surface area (Å²) >= 11 is 8.13. The predicted molar refractivity (Wildman–Crippen MR) is 76.2 cm³/mol. The molecule has 0 unspecified atom stereocenters. The highest BCUT2D eigenvalue weighted by Gasteiger charge is 2.12. The summed E-state index contributed by atoms with van der Waals surface area (Å²) in [6.07, 6.45) is 0. The zero-order valence-electron chi connectivity index (χ0n) is 9.03. The molecule has 0 aliphatic carbocycles. The Morgan fingerprint density at radius 2 is 2.18 bits per heavy atom. The average Bonchev–Trinajstić information content (AvgIpc) is 2.20. The molecule has 5 nitrogen and oxygen atoms in total. The maximum Gasteiger partial charge on any atom is 0.299 e. The van der Waals surface area contributed by atoms with E-state index in [1.165, 1.54) is 0 Å². The normalized spacial score (nSPS) is 11.2. The second-order valence-corrected chi connectivity index (χ2v) is 6.01. The lowest BCUT2D eigenvalue weighted by atomic mass is 10.2. The Bertz CT molecular complexity index is 531. The van der Waals surface area contributed by atoms with Gasteiger partial charge < -0.3 is 5.73 Å². The van der Waals surface area contributed by atoms with E-state index < -0.39 is 10.2 Å². The monoisotopic (exact) mass is 337 g/mol. The van der Waals surface area contributed by atoms with Crippen LogP contribution in [0.4, 0.5) is 5.69 Å². The smallest absolute Gasteiger partial charge is 0.299 e. The van der Waals surface area contributed by atoms with Crippen LogP contribution in [-0.2, 0) is 10.2 Å². The van der Waals surface area contributed by atoms with Crippen LogP contribution in [0.2, 0.25) is 0 Å². The molecule has 0 heterocycles. The van der Waals surface area contributed by atoms with Crippen LogP contribution in [0, 0.1) is 0 Å². The molecule has 0 aliphatic heterocycles. The van der Waals surface area contributed by atoms with E-state index in [-0.39, 0.29) is 4.99 Å². The molecule has 0 saturated carbocycles. The molecule has 0 bridgehead atoms. The molecule has 94 valence electrons. The lowest BCUT2D eigenvalue weighted by molar-refractivity contribution is 0.589. The molecule has 1 rings (SSSR count). The van der Waals surface area contributed by atoms with Gasteiger partial charge in [0.2, 0.25) is 0 Å². The fraction of sp³-hybridized carbons (Fsp3) is 0.222. The topological polar surface area (TPSA) is 84.2 Å². The highest BCUT2D eigenvalue weighted by Crippen LogP contribution is 2.21. The van der Waals surface area contributed by atoms with Crippen molar-refractivity contribution in [2.75, 3.05) is 11.3 Å². The predicted octanol–water partition coefficient (Wildman–Crippen LogP) is 1.35. The van der Waals surface area contributed by atoms with E-state index in [9.17, 15) is 8.42 Å². The number of benzene rings is 1. The third-order valence-corrected chi connectivity index (χ3v) is 3.70. The molecule has 1 aromatic rings. The Hall–Kier alpha value is -0.700. The molecule has 0 fully saturated rings. The number of halogens is 1. The minimum Gasteiger partial charge on any atom is -0.389 e. The molecule has 4 N–H and O–H groups in total. The van der Waals surface area contributed by atoms with Gasteiger partial charge in [-0.3, -0.25) is 4.72 Å². The first-order valence-corrected chi connectivity index (χ1v) is 7.41. The molecule has 0 spiro atoms. The fourth-order valence-corrected chi connectivity index (χ4v) is 2.63. The van der Waals surface area contributed by atoms with E-state index >= 15 is 0 Å². The summed E-state index contributed by atoms with van der Waals surface area (Å²) in [4.78, 5) is 0.125. The molecular formula is C9H12BrN3O2S2. The number of nitrogens with one attached hydrogen (secondary N) is 2. The van der Waals surface area contributed by atoms with Gasteiger partial charge >= 0.3 is 0 Å². The summed E-state index contributed by atoms with van der Waals surface area (Å²) in [7, 11) is -3.58. The maximum atomic E-state index is 11.5. The third kappa shape index (κ3) is 4.23.